The Morgan fingerprint density at radius 1 is 1.27 bits per heavy atom. The van der Waals surface area contributed by atoms with E-state index in [2.05, 4.69) is 20.4 Å². The molecule has 2 unspecified atom stereocenters. The summed E-state index contributed by atoms with van der Waals surface area (Å²) in [5.74, 6) is 2.44. The van der Waals surface area contributed by atoms with E-state index in [1.54, 1.807) is 10.9 Å². The van der Waals surface area contributed by atoms with Crippen molar-refractivity contribution >= 4 is 11.8 Å². The second-order valence-electron chi connectivity index (χ2n) is 6.03. The van der Waals surface area contributed by atoms with E-state index < -0.39 is 0 Å². The first-order chi connectivity index (χ1) is 10.8. The number of hydrogen-bond acceptors (Lipinski definition) is 6. The summed E-state index contributed by atoms with van der Waals surface area (Å²) in [7, 11) is 0. The van der Waals surface area contributed by atoms with Crippen molar-refractivity contribution < 1.29 is 4.74 Å². The minimum Gasteiger partial charge on any atom is -0.378 e. The molecule has 7 heteroatoms. The molecule has 4 rings (SSSR count). The Morgan fingerprint density at radius 2 is 2.18 bits per heavy atom. The third kappa shape index (κ3) is 2.89. The largest absolute Gasteiger partial charge is 0.378 e. The van der Waals surface area contributed by atoms with Gasteiger partial charge in [0.1, 0.15) is 5.82 Å². The molecule has 1 aliphatic heterocycles. The summed E-state index contributed by atoms with van der Waals surface area (Å²) in [4.78, 5) is 8.52. The average molecular weight is 300 g/mol. The summed E-state index contributed by atoms with van der Waals surface area (Å²) in [5.41, 5.74) is 5.83. The molecule has 3 N–H and O–H groups in total. The monoisotopic (exact) mass is 300 g/mol. The Bertz CT molecular complexity index is 639. The van der Waals surface area contributed by atoms with E-state index in [-0.39, 0.29) is 5.95 Å². The van der Waals surface area contributed by atoms with Crippen LogP contribution in [0, 0.1) is 5.92 Å². The molecule has 2 aromatic rings. The molecule has 3 heterocycles. The summed E-state index contributed by atoms with van der Waals surface area (Å²) in [5, 5.41) is 7.67. The van der Waals surface area contributed by atoms with Crippen molar-refractivity contribution in [1.29, 1.82) is 0 Å². The van der Waals surface area contributed by atoms with Crippen LogP contribution in [0.15, 0.2) is 24.5 Å². The van der Waals surface area contributed by atoms with Crippen LogP contribution in [-0.4, -0.2) is 38.5 Å². The molecule has 2 fully saturated rings. The predicted molar refractivity (Wildman–Crippen MR) is 82.7 cm³/mol. The SMILES string of the molecule is Nc1nc(NC2CCOC(C3CC3)C2)cc(-n2cccn2)n1. The lowest BCUT2D eigenvalue weighted by Gasteiger charge is -2.30. The van der Waals surface area contributed by atoms with Crippen molar-refractivity contribution in [2.24, 2.45) is 5.92 Å². The molecule has 2 aliphatic rings. The summed E-state index contributed by atoms with van der Waals surface area (Å²) in [6.45, 7) is 0.811. The van der Waals surface area contributed by atoms with Crippen molar-refractivity contribution in [2.75, 3.05) is 17.7 Å². The average Bonchev–Trinajstić information content (AvgIpc) is 3.21. The van der Waals surface area contributed by atoms with Crippen LogP contribution in [-0.2, 0) is 4.74 Å². The molecule has 0 radical (unpaired) electrons. The van der Waals surface area contributed by atoms with Gasteiger partial charge in [-0.2, -0.15) is 15.1 Å². The van der Waals surface area contributed by atoms with Crippen molar-refractivity contribution in [2.45, 2.75) is 37.8 Å². The molecule has 0 spiro atoms. The molecule has 2 atom stereocenters. The summed E-state index contributed by atoms with van der Waals surface area (Å²) in [6.07, 6.45) is 8.59. The Kier molecular flexibility index (Phi) is 3.42. The predicted octanol–water partition coefficient (Wildman–Crippen LogP) is 1.61. The lowest BCUT2D eigenvalue weighted by atomic mass is 10.00. The highest BCUT2D eigenvalue weighted by atomic mass is 16.5. The number of anilines is 2. The van der Waals surface area contributed by atoms with Gasteiger partial charge in [0, 0.05) is 31.1 Å². The molecule has 0 amide bonds. The van der Waals surface area contributed by atoms with Gasteiger partial charge in [-0.25, -0.2) is 4.68 Å². The van der Waals surface area contributed by atoms with Gasteiger partial charge in [0.15, 0.2) is 5.82 Å². The zero-order valence-corrected chi connectivity index (χ0v) is 12.4. The standard InChI is InChI=1S/C15H20N6O/c16-15-19-13(9-14(20-15)21-6-1-5-17-21)18-11-4-7-22-12(8-11)10-2-3-10/h1,5-6,9-12H,2-4,7-8H2,(H3,16,18,19,20). The van der Waals surface area contributed by atoms with E-state index in [1.165, 1.54) is 12.8 Å². The van der Waals surface area contributed by atoms with E-state index in [9.17, 15) is 0 Å². The van der Waals surface area contributed by atoms with E-state index in [1.807, 2.05) is 18.3 Å². The maximum atomic E-state index is 5.86. The van der Waals surface area contributed by atoms with Crippen LogP contribution in [0.5, 0.6) is 0 Å². The third-order valence-electron chi connectivity index (χ3n) is 4.28. The first-order valence-electron chi connectivity index (χ1n) is 7.80. The van der Waals surface area contributed by atoms with Gasteiger partial charge in [0.2, 0.25) is 5.95 Å². The third-order valence-corrected chi connectivity index (χ3v) is 4.28. The molecule has 7 nitrogen and oxygen atoms in total. The zero-order valence-electron chi connectivity index (χ0n) is 12.4. The molecular weight excluding hydrogens is 280 g/mol. The molecule has 1 saturated carbocycles. The lowest BCUT2D eigenvalue weighted by Crippen LogP contribution is -2.35. The molecule has 1 aliphatic carbocycles. The molecule has 2 aromatic heterocycles. The molecule has 0 aromatic carbocycles. The number of rotatable bonds is 4. The van der Waals surface area contributed by atoms with E-state index in [0.29, 0.717) is 18.0 Å². The minimum atomic E-state index is 0.251. The fourth-order valence-electron chi connectivity index (χ4n) is 3.01. The Labute approximate surface area is 128 Å². The zero-order chi connectivity index (χ0) is 14.9. The smallest absolute Gasteiger partial charge is 0.224 e. The van der Waals surface area contributed by atoms with Gasteiger partial charge in [-0.05, 0) is 37.7 Å². The Morgan fingerprint density at radius 3 is 2.95 bits per heavy atom. The van der Waals surface area contributed by atoms with E-state index >= 15 is 0 Å². The minimum absolute atomic E-state index is 0.251. The quantitative estimate of drug-likeness (QED) is 0.891. The number of nitrogens with one attached hydrogen (secondary N) is 1. The van der Waals surface area contributed by atoms with Gasteiger partial charge in [0.05, 0.1) is 6.10 Å². The van der Waals surface area contributed by atoms with Gasteiger partial charge in [-0.3, -0.25) is 0 Å². The van der Waals surface area contributed by atoms with Crippen LogP contribution in [0.3, 0.4) is 0 Å². The molecule has 0 bridgehead atoms. The second kappa shape index (κ2) is 5.57. The molecular formula is C15H20N6O. The van der Waals surface area contributed by atoms with Crippen molar-refractivity contribution in [1.82, 2.24) is 19.7 Å². The Balaban J connectivity index is 1.50. The topological polar surface area (TPSA) is 90.9 Å². The van der Waals surface area contributed by atoms with Crippen LogP contribution in [0.4, 0.5) is 11.8 Å². The van der Waals surface area contributed by atoms with Crippen LogP contribution in [0.2, 0.25) is 0 Å². The van der Waals surface area contributed by atoms with Gasteiger partial charge in [0.25, 0.3) is 0 Å². The highest BCUT2D eigenvalue weighted by molar-refractivity contribution is 5.46. The van der Waals surface area contributed by atoms with Gasteiger partial charge < -0.3 is 15.8 Å². The first kappa shape index (κ1) is 13.5. The first-order valence-corrected chi connectivity index (χ1v) is 7.80. The van der Waals surface area contributed by atoms with Gasteiger partial charge in [-0.15, -0.1) is 0 Å². The highest BCUT2D eigenvalue weighted by Crippen LogP contribution is 2.38. The molecule has 22 heavy (non-hydrogen) atoms. The van der Waals surface area contributed by atoms with Crippen LogP contribution < -0.4 is 11.1 Å². The number of nitrogens with zero attached hydrogens (tertiary/aromatic N) is 4. The van der Waals surface area contributed by atoms with Crippen molar-refractivity contribution in [3.8, 4) is 5.82 Å². The van der Waals surface area contributed by atoms with Crippen LogP contribution in [0.25, 0.3) is 5.82 Å². The number of hydrogen-bond donors (Lipinski definition) is 2. The lowest BCUT2D eigenvalue weighted by molar-refractivity contribution is -0.00223. The summed E-state index contributed by atoms with van der Waals surface area (Å²) < 4.78 is 7.55. The van der Waals surface area contributed by atoms with Gasteiger partial charge >= 0.3 is 0 Å². The fourth-order valence-corrected chi connectivity index (χ4v) is 3.01. The summed E-state index contributed by atoms with van der Waals surface area (Å²) in [6, 6.07) is 4.11. The number of aromatic nitrogens is 4. The number of nitrogen functional groups attached to an aromatic ring is 1. The van der Waals surface area contributed by atoms with Crippen molar-refractivity contribution in [3.63, 3.8) is 0 Å². The van der Waals surface area contributed by atoms with Gasteiger partial charge in [-0.1, -0.05) is 0 Å². The van der Waals surface area contributed by atoms with E-state index in [0.717, 1.165) is 31.2 Å². The maximum Gasteiger partial charge on any atom is 0.224 e. The number of ether oxygens (including phenoxy) is 1. The molecule has 1 saturated heterocycles. The maximum absolute atomic E-state index is 5.86. The highest BCUT2D eigenvalue weighted by Gasteiger charge is 2.35. The van der Waals surface area contributed by atoms with Crippen LogP contribution in [0.1, 0.15) is 25.7 Å². The normalized spacial score (nSPS) is 25.1. The Hall–Kier alpha value is -2.15. The molecule has 116 valence electrons. The summed E-state index contributed by atoms with van der Waals surface area (Å²) >= 11 is 0. The number of nitrogens with two attached hydrogens (primary N) is 1. The second-order valence-corrected chi connectivity index (χ2v) is 6.03. The van der Waals surface area contributed by atoms with E-state index in [4.69, 9.17) is 10.5 Å². The van der Waals surface area contributed by atoms with Crippen LogP contribution >= 0.6 is 0 Å². The fraction of sp³-hybridized carbons (Fsp3) is 0.533. The van der Waals surface area contributed by atoms with Crippen molar-refractivity contribution in [3.05, 3.63) is 24.5 Å².